The van der Waals surface area contributed by atoms with Gasteiger partial charge < -0.3 is 4.74 Å². The number of ketones is 1. The number of ether oxygens (including phenoxy) is 1. The fraction of sp³-hybridized carbons (Fsp3) is 0.571. The molecule has 0 radical (unpaired) electrons. The zero-order valence-corrected chi connectivity index (χ0v) is 7.12. The first-order valence-corrected chi connectivity index (χ1v) is 3.35. The highest BCUT2D eigenvalue weighted by Crippen LogP contribution is 2.35. The molecule has 14 heavy (non-hydrogen) atoms. The molecule has 82 valence electrons. The number of carbonyl (C=O) groups is 1. The number of carbonyl (C=O) groups excluding carboxylic acids is 1. The molecule has 0 saturated carbocycles. The molecule has 0 atom stereocenters. The van der Waals surface area contributed by atoms with Crippen LogP contribution in [0, 0.1) is 0 Å². The number of hydrogen-bond acceptors (Lipinski definition) is 2. The number of alkyl halides is 5. The van der Waals surface area contributed by atoms with Crippen LogP contribution in [-0.4, -0.2) is 24.5 Å². The molecule has 2 nitrogen and oxygen atoms in total. The molecule has 0 unspecified atom stereocenters. The maximum Gasteiger partial charge on any atom is 0.456 e. The van der Waals surface area contributed by atoms with E-state index in [0.29, 0.717) is 0 Å². The lowest BCUT2D eigenvalue weighted by Gasteiger charge is -2.19. The average molecular weight is 218 g/mol. The zero-order valence-electron chi connectivity index (χ0n) is 7.12. The molecule has 0 aliphatic heterocycles. The molecule has 0 spiro atoms. The van der Waals surface area contributed by atoms with E-state index in [4.69, 9.17) is 0 Å². The normalized spacial score (nSPS) is 12.4. The third kappa shape index (κ3) is 3.31. The van der Waals surface area contributed by atoms with Crippen molar-refractivity contribution in [2.75, 3.05) is 6.61 Å². The van der Waals surface area contributed by atoms with Crippen LogP contribution in [-0.2, 0) is 9.53 Å². The van der Waals surface area contributed by atoms with Gasteiger partial charge in [-0.3, -0.25) is 4.79 Å². The van der Waals surface area contributed by atoms with Crippen LogP contribution in [0.25, 0.3) is 0 Å². The Morgan fingerprint density at radius 1 is 1.29 bits per heavy atom. The standard InChI is InChI=1S/C7H7F5O2/c1-4(13)5(2)14-3-6(8,9)7(10,11)12/h2-3H2,1H3. The minimum atomic E-state index is -5.69. The van der Waals surface area contributed by atoms with E-state index in [-0.39, 0.29) is 0 Å². The summed E-state index contributed by atoms with van der Waals surface area (Å²) in [5, 5.41) is 0. The number of rotatable bonds is 4. The van der Waals surface area contributed by atoms with Crippen LogP contribution in [0.3, 0.4) is 0 Å². The van der Waals surface area contributed by atoms with Crippen LogP contribution < -0.4 is 0 Å². The summed E-state index contributed by atoms with van der Waals surface area (Å²) in [6, 6.07) is 0. The minimum absolute atomic E-state index is 0.728. The quantitative estimate of drug-likeness (QED) is 0.411. The highest BCUT2D eigenvalue weighted by molar-refractivity contribution is 5.90. The SMILES string of the molecule is C=C(OCC(F)(F)C(F)(F)F)C(C)=O. The van der Waals surface area contributed by atoms with E-state index in [1.54, 1.807) is 0 Å². The maximum atomic E-state index is 12.2. The zero-order chi connectivity index (χ0) is 11.6. The van der Waals surface area contributed by atoms with Gasteiger partial charge in [-0.2, -0.15) is 22.0 Å². The van der Waals surface area contributed by atoms with Gasteiger partial charge in [0.15, 0.2) is 18.1 Å². The molecule has 0 aromatic rings. The van der Waals surface area contributed by atoms with Crippen molar-refractivity contribution in [1.82, 2.24) is 0 Å². The van der Waals surface area contributed by atoms with Gasteiger partial charge in [-0.25, -0.2) is 0 Å². The van der Waals surface area contributed by atoms with E-state index in [1.165, 1.54) is 0 Å². The first-order valence-electron chi connectivity index (χ1n) is 3.35. The Balaban J connectivity index is 4.27. The van der Waals surface area contributed by atoms with Crippen LogP contribution in [0.5, 0.6) is 0 Å². The van der Waals surface area contributed by atoms with Gasteiger partial charge in [0.2, 0.25) is 0 Å². The Labute approximate surface area is 76.3 Å². The monoisotopic (exact) mass is 218 g/mol. The predicted molar refractivity (Wildman–Crippen MR) is 36.8 cm³/mol. The van der Waals surface area contributed by atoms with Crippen LogP contribution in [0.2, 0.25) is 0 Å². The second-order valence-corrected chi connectivity index (χ2v) is 2.47. The van der Waals surface area contributed by atoms with E-state index in [9.17, 15) is 26.7 Å². The Bertz CT molecular complexity index is 243. The summed E-state index contributed by atoms with van der Waals surface area (Å²) in [5.74, 6) is -6.51. The third-order valence-electron chi connectivity index (χ3n) is 1.24. The summed E-state index contributed by atoms with van der Waals surface area (Å²) >= 11 is 0. The fourth-order valence-electron chi connectivity index (χ4n) is 0.361. The molecule has 0 bridgehead atoms. The lowest BCUT2D eigenvalue weighted by Crippen LogP contribution is -2.40. The maximum absolute atomic E-state index is 12.2. The number of hydrogen-bond donors (Lipinski definition) is 0. The second-order valence-electron chi connectivity index (χ2n) is 2.47. The van der Waals surface area contributed by atoms with Crippen molar-refractivity contribution in [3.05, 3.63) is 12.3 Å². The first-order chi connectivity index (χ1) is 6.08. The summed E-state index contributed by atoms with van der Waals surface area (Å²) in [6.45, 7) is 1.87. The highest BCUT2D eigenvalue weighted by atomic mass is 19.4. The van der Waals surface area contributed by atoms with Crippen LogP contribution >= 0.6 is 0 Å². The van der Waals surface area contributed by atoms with Crippen molar-refractivity contribution in [3.8, 4) is 0 Å². The van der Waals surface area contributed by atoms with Gasteiger partial charge >= 0.3 is 12.1 Å². The Morgan fingerprint density at radius 3 is 2.00 bits per heavy atom. The minimum Gasteiger partial charge on any atom is -0.484 e. The van der Waals surface area contributed by atoms with Crippen molar-refractivity contribution >= 4 is 5.78 Å². The molecular weight excluding hydrogens is 211 g/mol. The number of allylic oxidation sites excluding steroid dienone is 1. The van der Waals surface area contributed by atoms with Crippen molar-refractivity contribution < 1.29 is 31.5 Å². The van der Waals surface area contributed by atoms with E-state index in [0.717, 1.165) is 6.92 Å². The van der Waals surface area contributed by atoms with Crippen molar-refractivity contribution in [3.63, 3.8) is 0 Å². The summed E-state index contributed by atoms with van der Waals surface area (Å²) in [7, 11) is 0. The summed E-state index contributed by atoms with van der Waals surface area (Å²) < 4.78 is 62.8. The molecule has 0 amide bonds. The van der Waals surface area contributed by atoms with Gasteiger partial charge in [0.1, 0.15) is 0 Å². The topological polar surface area (TPSA) is 26.3 Å². The lowest BCUT2D eigenvalue weighted by atomic mass is 10.3. The van der Waals surface area contributed by atoms with Gasteiger partial charge in [-0.1, -0.05) is 6.58 Å². The van der Waals surface area contributed by atoms with E-state index in [2.05, 4.69) is 11.3 Å². The number of halogens is 5. The molecule has 0 fully saturated rings. The molecule has 0 rings (SSSR count). The molecule has 0 aromatic heterocycles. The van der Waals surface area contributed by atoms with Gasteiger partial charge in [-0.05, 0) is 0 Å². The largest absolute Gasteiger partial charge is 0.484 e. The van der Waals surface area contributed by atoms with Gasteiger partial charge in [0.25, 0.3) is 0 Å². The lowest BCUT2D eigenvalue weighted by molar-refractivity contribution is -0.293. The summed E-state index contributed by atoms with van der Waals surface area (Å²) in [4.78, 5) is 10.4. The van der Waals surface area contributed by atoms with Gasteiger partial charge in [0.05, 0.1) is 0 Å². The summed E-state index contributed by atoms with van der Waals surface area (Å²) in [6.07, 6.45) is -5.69. The molecule has 0 aliphatic rings. The van der Waals surface area contributed by atoms with Crippen molar-refractivity contribution in [2.45, 2.75) is 19.0 Å². The predicted octanol–water partition coefficient (Wildman–Crippen LogP) is 2.30. The van der Waals surface area contributed by atoms with Crippen LogP contribution in [0.4, 0.5) is 22.0 Å². The van der Waals surface area contributed by atoms with Crippen molar-refractivity contribution in [1.29, 1.82) is 0 Å². The smallest absolute Gasteiger partial charge is 0.456 e. The van der Waals surface area contributed by atoms with Gasteiger partial charge in [-0.15, -0.1) is 0 Å². The highest BCUT2D eigenvalue weighted by Gasteiger charge is 2.58. The first kappa shape index (κ1) is 12.9. The Hall–Kier alpha value is -1.14. The molecule has 0 heterocycles. The van der Waals surface area contributed by atoms with E-state index >= 15 is 0 Å². The van der Waals surface area contributed by atoms with Crippen LogP contribution in [0.15, 0.2) is 12.3 Å². The Morgan fingerprint density at radius 2 is 1.71 bits per heavy atom. The summed E-state index contributed by atoms with van der Waals surface area (Å²) in [5.41, 5.74) is 0. The number of Topliss-reactive ketones (excluding diaryl/α,β-unsaturated/α-hetero) is 1. The molecule has 7 heteroatoms. The van der Waals surface area contributed by atoms with Crippen molar-refractivity contribution in [2.24, 2.45) is 0 Å². The second kappa shape index (κ2) is 3.93. The molecular formula is C7H7F5O2. The molecule has 0 N–H and O–H groups in total. The molecule has 0 aromatic carbocycles. The third-order valence-corrected chi connectivity index (χ3v) is 1.24. The molecule has 0 aliphatic carbocycles. The van der Waals surface area contributed by atoms with Crippen LogP contribution in [0.1, 0.15) is 6.92 Å². The van der Waals surface area contributed by atoms with Gasteiger partial charge in [0, 0.05) is 6.92 Å². The average Bonchev–Trinajstić information content (AvgIpc) is 1.97. The molecule has 0 saturated heterocycles. The van der Waals surface area contributed by atoms with E-state index in [1.807, 2.05) is 0 Å². The fourth-order valence-corrected chi connectivity index (χ4v) is 0.361. The Kier molecular flexibility index (Phi) is 3.61. The van der Waals surface area contributed by atoms with E-state index < -0.39 is 30.2 Å².